The smallest absolute Gasteiger partial charge is 0.136 e. The lowest BCUT2D eigenvalue weighted by Crippen LogP contribution is -2.38. The van der Waals surface area contributed by atoms with Gasteiger partial charge in [-0.25, -0.2) is 0 Å². The summed E-state index contributed by atoms with van der Waals surface area (Å²) in [7, 11) is 0. The SMILES string of the molecule is CC1(N)CC(=O)CCS1. The fourth-order valence-electron chi connectivity index (χ4n) is 0.929. The highest BCUT2D eigenvalue weighted by atomic mass is 32.2. The molecule has 1 heterocycles. The van der Waals surface area contributed by atoms with Crippen molar-refractivity contribution in [2.24, 2.45) is 5.73 Å². The van der Waals surface area contributed by atoms with Crippen molar-refractivity contribution in [2.45, 2.75) is 24.6 Å². The molecule has 0 saturated carbocycles. The van der Waals surface area contributed by atoms with Crippen LogP contribution in [0.5, 0.6) is 0 Å². The van der Waals surface area contributed by atoms with Crippen molar-refractivity contribution in [1.29, 1.82) is 0 Å². The second-order valence-corrected chi connectivity index (χ2v) is 4.26. The van der Waals surface area contributed by atoms with Crippen LogP contribution in [0.15, 0.2) is 0 Å². The summed E-state index contributed by atoms with van der Waals surface area (Å²) >= 11 is 1.68. The topological polar surface area (TPSA) is 43.1 Å². The Bertz CT molecular complexity index is 133. The molecule has 0 aromatic carbocycles. The Balaban J connectivity index is 2.51. The van der Waals surface area contributed by atoms with Gasteiger partial charge in [-0.2, -0.15) is 0 Å². The van der Waals surface area contributed by atoms with E-state index in [4.69, 9.17) is 5.73 Å². The summed E-state index contributed by atoms with van der Waals surface area (Å²) in [5.41, 5.74) is 5.71. The summed E-state index contributed by atoms with van der Waals surface area (Å²) in [6.07, 6.45) is 1.25. The number of hydrogen-bond acceptors (Lipinski definition) is 3. The molecule has 0 spiro atoms. The summed E-state index contributed by atoms with van der Waals surface area (Å²) in [6.45, 7) is 1.91. The standard InChI is InChI=1S/C6H11NOS/c1-6(7)4-5(8)2-3-9-6/h2-4,7H2,1H3. The molecule has 1 atom stereocenters. The van der Waals surface area contributed by atoms with Crippen LogP contribution in [0, 0.1) is 0 Å². The Morgan fingerprint density at radius 1 is 1.78 bits per heavy atom. The first-order valence-corrected chi connectivity index (χ1v) is 4.03. The molecule has 3 heteroatoms. The van der Waals surface area contributed by atoms with E-state index in [1.807, 2.05) is 6.92 Å². The van der Waals surface area contributed by atoms with Gasteiger partial charge in [-0.1, -0.05) is 0 Å². The lowest BCUT2D eigenvalue weighted by molar-refractivity contribution is -0.119. The van der Waals surface area contributed by atoms with Crippen LogP contribution in [-0.2, 0) is 4.79 Å². The number of hydrogen-bond donors (Lipinski definition) is 1. The molecule has 1 rings (SSSR count). The summed E-state index contributed by atoms with van der Waals surface area (Å²) in [5.74, 6) is 1.20. The van der Waals surface area contributed by atoms with Crippen LogP contribution < -0.4 is 5.73 Å². The highest BCUT2D eigenvalue weighted by molar-refractivity contribution is 8.00. The van der Waals surface area contributed by atoms with Gasteiger partial charge < -0.3 is 5.73 Å². The van der Waals surface area contributed by atoms with Crippen LogP contribution in [0.4, 0.5) is 0 Å². The number of carbonyl (C=O) groups is 1. The zero-order valence-electron chi connectivity index (χ0n) is 5.52. The first-order chi connectivity index (χ1) is 4.10. The third-order valence-corrected chi connectivity index (χ3v) is 2.57. The number of ketones is 1. The predicted molar refractivity (Wildman–Crippen MR) is 39.3 cm³/mol. The quantitative estimate of drug-likeness (QED) is 0.547. The molecule has 0 aromatic rings. The van der Waals surface area contributed by atoms with E-state index in [9.17, 15) is 4.79 Å². The molecule has 1 unspecified atom stereocenters. The average Bonchev–Trinajstić information content (AvgIpc) is 1.60. The van der Waals surface area contributed by atoms with Crippen molar-refractivity contribution in [3.63, 3.8) is 0 Å². The summed E-state index contributed by atoms with van der Waals surface area (Å²) < 4.78 is 0. The Hall–Kier alpha value is -0.0200. The minimum atomic E-state index is -0.282. The predicted octanol–water partition coefficient (Wildman–Crippen LogP) is 0.757. The normalized spacial score (nSPS) is 36.9. The van der Waals surface area contributed by atoms with Crippen molar-refractivity contribution in [3.8, 4) is 0 Å². The van der Waals surface area contributed by atoms with Gasteiger partial charge in [-0.15, -0.1) is 11.8 Å². The molecule has 9 heavy (non-hydrogen) atoms. The zero-order valence-corrected chi connectivity index (χ0v) is 6.33. The zero-order chi connectivity index (χ0) is 6.91. The van der Waals surface area contributed by atoms with Crippen LogP contribution >= 0.6 is 11.8 Å². The molecule has 0 aliphatic carbocycles. The lowest BCUT2D eigenvalue weighted by Gasteiger charge is -2.26. The molecular formula is C6H11NOS. The molecule has 0 aromatic heterocycles. The van der Waals surface area contributed by atoms with Crippen LogP contribution in [0.3, 0.4) is 0 Å². The van der Waals surface area contributed by atoms with Gasteiger partial charge in [0.2, 0.25) is 0 Å². The maximum absolute atomic E-state index is 10.8. The minimum Gasteiger partial charge on any atom is -0.317 e. The Morgan fingerprint density at radius 2 is 2.44 bits per heavy atom. The Kier molecular flexibility index (Phi) is 1.82. The number of nitrogens with two attached hydrogens (primary N) is 1. The van der Waals surface area contributed by atoms with Gasteiger partial charge in [0.25, 0.3) is 0 Å². The molecule has 52 valence electrons. The molecule has 1 aliphatic heterocycles. The van der Waals surface area contributed by atoms with Gasteiger partial charge >= 0.3 is 0 Å². The number of Topliss-reactive ketones (excluding diaryl/α,β-unsaturated/α-hetero) is 1. The van der Waals surface area contributed by atoms with Gasteiger partial charge in [-0.3, -0.25) is 4.79 Å². The number of rotatable bonds is 0. The third kappa shape index (κ3) is 1.99. The first-order valence-electron chi connectivity index (χ1n) is 3.05. The highest BCUT2D eigenvalue weighted by Gasteiger charge is 2.26. The maximum Gasteiger partial charge on any atom is 0.136 e. The number of thioether (sulfide) groups is 1. The van der Waals surface area contributed by atoms with Crippen LogP contribution in [0.25, 0.3) is 0 Å². The second kappa shape index (κ2) is 2.31. The Labute approximate surface area is 59.2 Å². The molecule has 0 amide bonds. The van der Waals surface area contributed by atoms with E-state index in [0.717, 1.165) is 5.75 Å². The van der Waals surface area contributed by atoms with E-state index < -0.39 is 0 Å². The van der Waals surface area contributed by atoms with Gasteiger partial charge in [0.05, 0.1) is 4.87 Å². The lowest BCUT2D eigenvalue weighted by atomic mass is 10.1. The molecule has 1 saturated heterocycles. The van der Waals surface area contributed by atoms with Gasteiger partial charge in [0.15, 0.2) is 0 Å². The Morgan fingerprint density at radius 3 is 2.78 bits per heavy atom. The maximum atomic E-state index is 10.8. The second-order valence-electron chi connectivity index (χ2n) is 2.63. The van der Waals surface area contributed by atoms with E-state index in [0.29, 0.717) is 18.6 Å². The van der Waals surface area contributed by atoms with Crippen molar-refractivity contribution >= 4 is 17.5 Å². The van der Waals surface area contributed by atoms with Gasteiger partial charge in [-0.05, 0) is 6.92 Å². The molecule has 0 radical (unpaired) electrons. The van der Waals surface area contributed by atoms with Crippen molar-refractivity contribution in [2.75, 3.05) is 5.75 Å². The molecular weight excluding hydrogens is 134 g/mol. The van der Waals surface area contributed by atoms with E-state index in [2.05, 4.69) is 0 Å². The van der Waals surface area contributed by atoms with Gasteiger partial charge in [0.1, 0.15) is 5.78 Å². The van der Waals surface area contributed by atoms with Crippen molar-refractivity contribution in [3.05, 3.63) is 0 Å². The van der Waals surface area contributed by atoms with E-state index in [1.165, 1.54) is 0 Å². The fourth-order valence-corrected chi connectivity index (χ4v) is 1.99. The average molecular weight is 145 g/mol. The van der Waals surface area contributed by atoms with Crippen LogP contribution in [0.1, 0.15) is 19.8 Å². The van der Waals surface area contributed by atoms with E-state index in [1.54, 1.807) is 11.8 Å². The largest absolute Gasteiger partial charge is 0.317 e. The third-order valence-electron chi connectivity index (χ3n) is 1.36. The fraction of sp³-hybridized carbons (Fsp3) is 0.833. The van der Waals surface area contributed by atoms with E-state index >= 15 is 0 Å². The van der Waals surface area contributed by atoms with E-state index in [-0.39, 0.29) is 4.87 Å². The summed E-state index contributed by atoms with van der Waals surface area (Å²) in [4.78, 5) is 10.5. The van der Waals surface area contributed by atoms with Crippen molar-refractivity contribution in [1.82, 2.24) is 0 Å². The molecule has 2 nitrogen and oxygen atoms in total. The number of carbonyl (C=O) groups excluding carboxylic acids is 1. The van der Waals surface area contributed by atoms with Gasteiger partial charge in [0, 0.05) is 18.6 Å². The molecule has 1 aliphatic rings. The molecule has 1 fully saturated rings. The monoisotopic (exact) mass is 145 g/mol. The summed E-state index contributed by atoms with van der Waals surface area (Å²) in [6, 6.07) is 0. The highest BCUT2D eigenvalue weighted by Crippen LogP contribution is 2.28. The minimum absolute atomic E-state index is 0.282. The first kappa shape index (κ1) is 7.09. The van der Waals surface area contributed by atoms with Crippen molar-refractivity contribution < 1.29 is 4.79 Å². The summed E-state index contributed by atoms with van der Waals surface area (Å²) in [5, 5.41) is 0. The van der Waals surface area contributed by atoms with Crippen LogP contribution in [0.2, 0.25) is 0 Å². The molecule has 0 bridgehead atoms. The van der Waals surface area contributed by atoms with Crippen LogP contribution in [-0.4, -0.2) is 16.4 Å². The molecule has 2 N–H and O–H groups in total.